The number of benzene rings is 2. The number of para-hydroxylation sites is 1. The normalized spacial score (nSPS) is 10.1. The number of hydrogen-bond donors (Lipinski definition) is 1. The van der Waals surface area contributed by atoms with Crippen LogP contribution in [0.25, 0.3) is 0 Å². The molecule has 2 rings (SSSR count). The summed E-state index contributed by atoms with van der Waals surface area (Å²) in [4.78, 5) is 23.1. The summed E-state index contributed by atoms with van der Waals surface area (Å²) in [5.74, 6) is -2.92. The van der Waals surface area contributed by atoms with Crippen molar-refractivity contribution in [2.45, 2.75) is 0 Å². The predicted octanol–water partition coefficient (Wildman–Crippen LogP) is 2.38. The van der Waals surface area contributed by atoms with Gasteiger partial charge in [0.1, 0.15) is 23.1 Å². The molecular weight excluding hydrogens is 325 g/mol. The fourth-order valence-corrected chi connectivity index (χ4v) is 1.72. The molecule has 2 aromatic rings. The van der Waals surface area contributed by atoms with Gasteiger partial charge in [0.15, 0.2) is 6.61 Å². The number of amides is 2. The van der Waals surface area contributed by atoms with Gasteiger partial charge >= 0.3 is 0 Å². The minimum Gasteiger partial charge on any atom is -0.484 e. The summed E-state index contributed by atoms with van der Waals surface area (Å²) in [6.45, 7) is -1.11. The highest BCUT2D eigenvalue weighted by molar-refractivity contribution is 5.95. The molecule has 0 aliphatic carbocycles. The predicted molar refractivity (Wildman–Crippen MR) is 79.9 cm³/mol. The number of halogens is 3. The molecule has 0 aliphatic rings. The van der Waals surface area contributed by atoms with Crippen LogP contribution in [0.3, 0.4) is 0 Å². The Morgan fingerprint density at radius 2 is 1.71 bits per heavy atom. The second-order valence-electron chi connectivity index (χ2n) is 4.65. The molecule has 2 amide bonds. The Kier molecular flexibility index (Phi) is 5.78. The van der Waals surface area contributed by atoms with Crippen molar-refractivity contribution in [1.82, 2.24) is 5.32 Å². The molecule has 24 heavy (non-hydrogen) atoms. The lowest BCUT2D eigenvalue weighted by Gasteiger charge is -2.13. The maximum Gasteiger partial charge on any atom is 0.274 e. The van der Waals surface area contributed by atoms with Crippen molar-refractivity contribution in [2.75, 3.05) is 18.3 Å². The molecule has 0 saturated carbocycles. The van der Waals surface area contributed by atoms with Crippen molar-refractivity contribution in [3.05, 3.63) is 60.2 Å². The van der Waals surface area contributed by atoms with Crippen LogP contribution in [-0.4, -0.2) is 25.0 Å². The highest BCUT2D eigenvalue weighted by Gasteiger charge is 2.19. The van der Waals surface area contributed by atoms with E-state index in [9.17, 15) is 22.9 Å². The first-order valence-corrected chi connectivity index (χ1v) is 6.85. The number of carbonyl (C=O) groups is 2. The molecule has 2 aromatic carbocycles. The molecule has 0 atom stereocenters. The molecular formula is C16H13F3N2O3. The smallest absolute Gasteiger partial charge is 0.274 e. The number of anilines is 1. The highest BCUT2D eigenvalue weighted by Crippen LogP contribution is 2.18. The molecule has 8 heteroatoms. The van der Waals surface area contributed by atoms with Gasteiger partial charge in [-0.15, -0.1) is 5.12 Å². The summed E-state index contributed by atoms with van der Waals surface area (Å²) in [6, 6.07) is 9.79. The van der Waals surface area contributed by atoms with Gasteiger partial charge in [0.2, 0.25) is 0 Å². The average Bonchev–Trinajstić information content (AvgIpc) is 2.59. The SMILES string of the molecule is O=C(COc1ccc(F)cc1)NCC(=O)N(F)c1ccccc1F. The van der Waals surface area contributed by atoms with E-state index in [1.54, 1.807) is 0 Å². The summed E-state index contributed by atoms with van der Waals surface area (Å²) >= 11 is 0. The van der Waals surface area contributed by atoms with Crippen molar-refractivity contribution in [2.24, 2.45) is 0 Å². The molecule has 0 heterocycles. The molecule has 5 nitrogen and oxygen atoms in total. The highest BCUT2D eigenvalue weighted by atomic mass is 19.2. The molecule has 1 N–H and O–H groups in total. The van der Waals surface area contributed by atoms with Crippen LogP contribution >= 0.6 is 0 Å². The molecule has 0 unspecified atom stereocenters. The van der Waals surface area contributed by atoms with E-state index in [1.807, 2.05) is 0 Å². The second kappa shape index (κ2) is 8.00. The van der Waals surface area contributed by atoms with Gasteiger partial charge < -0.3 is 10.1 Å². The van der Waals surface area contributed by atoms with Crippen LogP contribution < -0.4 is 15.2 Å². The summed E-state index contributed by atoms with van der Waals surface area (Å²) in [5.41, 5.74) is -0.542. The minimum absolute atomic E-state index is 0.261. The van der Waals surface area contributed by atoms with Gasteiger partial charge in [-0.1, -0.05) is 16.6 Å². The van der Waals surface area contributed by atoms with Crippen molar-refractivity contribution < 1.29 is 27.6 Å². The molecule has 0 aromatic heterocycles. The maximum atomic E-state index is 13.8. The van der Waals surface area contributed by atoms with Crippen LogP contribution in [0.2, 0.25) is 0 Å². The molecule has 0 radical (unpaired) electrons. The third-order valence-electron chi connectivity index (χ3n) is 2.90. The average molecular weight is 338 g/mol. The standard InChI is InChI=1S/C16H13F3N2O3/c17-11-5-7-12(8-6-11)24-10-15(22)20-9-16(23)21(19)14-4-2-1-3-13(14)18/h1-8H,9-10H2,(H,20,22). The lowest BCUT2D eigenvalue weighted by Crippen LogP contribution is -2.38. The number of hydrogen-bond acceptors (Lipinski definition) is 3. The fraction of sp³-hybridized carbons (Fsp3) is 0.125. The zero-order valence-corrected chi connectivity index (χ0v) is 12.3. The van der Waals surface area contributed by atoms with Gasteiger partial charge in [0.25, 0.3) is 11.8 Å². The van der Waals surface area contributed by atoms with E-state index in [1.165, 1.54) is 24.3 Å². The van der Waals surface area contributed by atoms with Gasteiger partial charge in [-0.3, -0.25) is 9.59 Å². The Bertz CT molecular complexity index is 723. The summed E-state index contributed by atoms with van der Waals surface area (Å²) < 4.78 is 44.9. The van der Waals surface area contributed by atoms with Crippen LogP contribution in [0.5, 0.6) is 5.75 Å². The first-order chi connectivity index (χ1) is 11.5. The van der Waals surface area contributed by atoms with E-state index >= 15 is 0 Å². The Hall–Kier alpha value is -3.03. The molecule has 126 valence electrons. The van der Waals surface area contributed by atoms with E-state index in [-0.39, 0.29) is 10.9 Å². The number of ether oxygens (including phenoxy) is 1. The Labute approximate surface area is 135 Å². The van der Waals surface area contributed by atoms with Crippen LogP contribution in [-0.2, 0) is 9.59 Å². The van der Waals surface area contributed by atoms with E-state index in [2.05, 4.69) is 5.32 Å². The first-order valence-electron chi connectivity index (χ1n) is 6.85. The van der Waals surface area contributed by atoms with Gasteiger partial charge in [0.05, 0.1) is 6.54 Å². The van der Waals surface area contributed by atoms with Crippen LogP contribution in [0, 0.1) is 11.6 Å². The first kappa shape index (κ1) is 17.3. The van der Waals surface area contributed by atoms with Gasteiger partial charge in [-0.2, -0.15) is 0 Å². The van der Waals surface area contributed by atoms with E-state index in [0.29, 0.717) is 0 Å². The minimum atomic E-state index is -1.14. The number of carbonyl (C=O) groups excluding carboxylic acids is 2. The third-order valence-corrected chi connectivity index (χ3v) is 2.90. The Morgan fingerprint density at radius 3 is 2.38 bits per heavy atom. The fourth-order valence-electron chi connectivity index (χ4n) is 1.72. The molecule has 0 bridgehead atoms. The summed E-state index contributed by atoms with van der Waals surface area (Å²) in [7, 11) is 0. The molecule has 0 saturated heterocycles. The summed E-state index contributed by atoms with van der Waals surface area (Å²) in [5, 5.41) is 1.76. The maximum absolute atomic E-state index is 13.8. The van der Waals surface area contributed by atoms with Gasteiger partial charge in [-0.25, -0.2) is 8.78 Å². The van der Waals surface area contributed by atoms with E-state index < -0.39 is 42.3 Å². The third kappa shape index (κ3) is 4.73. The zero-order valence-electron chi connectivity index (χ0n) is 12.3. The Balaban J connectivity index is 1.79. The van der Waals surface area contributed by atoms with Gasteiger partial charge in [0, 0.05) is 0 Å². The second-order valence-corrected chi connectivity index (χ2v) is 4.65. The van der Waals surface area contributed by atoms with Crippen molar-refractivity contribution >= 4 is 17.5 Å². The molecule has 0 spiro atoms. The van der Waals surface area contributed by atoms with Crippen LogP contribution in [0.15, 0.2) is 48.5 Å². The van der Waals surface area contributed by atoms with Crippen LogP contribution in [0.4, 0.5) is 18.9 Å². The number of nitrogens with one attached hydrogen (secondary N) is 1. The lowest BCUT2D eigenvalue weighted by molar-refractivity contribution is -0.127. The van der Waals surface area contributed by atoms with Crippen molar-refractivity contribution in [3.8, 4) is 5.75 Å². The van der Waals surface area contributed by atoms with E-state index in [0.717, 1.165) is 24.3 Å². The Morgan fingerprint density at radius 1 is 1.04 bits per heavy atom. The van der Waals surface area contributed by atoms with Gasteiger partial charge in [-0.05, 0) is 36.4 Å². The zero-order chi connectivity index (χ0) is 17.5. The van der Waals surface area contributed by atoms with E-state index in [4.69, 9.17) is 4.74 Å². The topological polar surface area (TPSA) is 58.6 Å². The lowest BCUT2D eigenvalue weighted by atomic mass is 10.3. The monoisotopic (exact) mass is 338 g/mol. The largest absolute Gasteiger partial charge is 0.484 e. The molecule has 0 aliphatic heterocycles. The van der Waals surface area contributed by atoms with Crippen molar-refractivity contribution in [1.29, 1.82) is 0 Å². The molecule has 0 fully saturated rings. The quantitative estimate of drug-likeness (QED) is 0.823. The number of nitrogens with zero attached hydrogens (tertiary/aromatic N) is 1. The van der Waals surface area contributed by atoms with Crippen LogP contribution in [0.1, 0.15) is 0 Å². The summed E-state index contributed by atoms with van der Waals surface area (Å²) in [6.07, 6.45) is 0. The number of rotatable bonds is 6. The van der Waals surface area contributed by atoms with Crippen molar-refractivity contribution in [3.63, 3.8) is 0 Å².